The molecule has 1 aliphatic rings. The summed E-state index contributed by atoms with van der Waals surface area (Å²) in [6, 6.07) is 5.77. The molecule has 0 atom stereocenters. The van der Waals surface area contributed by atoms with E-state index in [4.69, 9.17) is 10.5 Å². The summed E-state index contributed by atoms with van der Waals surface area (Å²) < 4.78 is 5.28. The van der Waals surface area contributed by atoms with Crippen LogP contribution in [0.5, 0.6) is 5.75 Å². The summed E-state index contributed by atoms with van der Waals surface area (Å²) in [5.74, 6) is 6.97. The van der Waals surface area contributed by atoms with Crippen LogP contribution >= 0.6 is 0 Å². The topological polar surface area (TPSA) is 55.6 Å². The van der Waals surface area contributed by atoms with Crippen molar-refractivity contribution < 1.29 is 9.53 Å². The van der Waals surface area contributed by atoms with Crippen LogP contribution < -0.4 is 10.5 Å². The molecule has 0 saturated carbocycles. The summed E-state index contributed by atoms with van der Waals surface area (Å²) in [6.45, 7) is 1.73. The number of carbonyl (C=O) groups excluding carboxylic acids is 1. The Morgan fingerprint density at radius 1 is 1.33 bits per heavy atom. The number of nitrogens with two attached hydrogens (primary N) is 1. The van der Waals surface area contributed by atoms with Gasteiger partial charge in [-0.3, -0.25) is 4.79 Å². The fourth-order valence-electron chi connectivity index (χ4n) is 2.51. The summed E-state index contributed by atoms with van der Waals surface area (Å²) in [5.41, 5.74) is 7.38. The molecular formula is C17H22N2O2. The maximum absolute atomic E-state index is 12.1. The number of carbonyl (C=O) groups is 1. The lowest BCUT2D eigenvalue weighted by molar-refractivity contribution is -0.131. The number of amides is 1. The van der Waals surface area contributed by atoms with E-state index in [0.717, 1.165) is 42.7 Å². The van der Waals surface area contributed by atoms with Crippen molar-refractivity contribution in [3.05, 3.63) is 29.3 Å². The van der Waals surface area contributed by atoms with Crippen molar-refractivity contribution in [3.8, 4) is 17.6 Å². The highest BCUT2D eigenvalue weighted by Gasteiger charge is 2.18. The van der Waals surface area contributed by atoms with Crippen LogP contribution in [0.25, 0.3) is 0 Å². The first-order valence-corrected chi connectivity index (χ1v) is 7.38. The van der Waals surface area contributed by atoms with Gasteiger partial charge in [0.15, 0.2) is 0 Å². The predicted molar refractivity (Wildman–Crippen MR) is 82.8 cm³/mol. The number of methoxy groups -OCH3 is 1. The summed E-state index contributed by atoms with van der Waals surface area (Å²) in [7, 11) is 1.64. The quantitative estimate of drug-likeness (QED) is 0.864. The van der Waals surface area contributed by atoms with E-state index in [1.54, 1.807) is 7.11 Å². The zero-order valence-electron chi connectivity index (χ0n) is 12.5. The first-order valence-electron chi connectivity index (χ1n) is 7.38. The van der Waals surface area contributed by atoms with Gasteiger partial charge in [0.25, 0.3) is 0 Å². The average Bonchev–Trinajstić information content (AvgIpc) is 2.71. The lowest BCUT2D eigenvalue weighted by Gasteiger charge is -2.21. The molecule has 1 saturated heterocycles. The van der Waals surface area contributed by atoms with Gasteiger partial charge in [0.1, 0.15) is 5.75 Å². The minimum Gasteiger partial charge on any atom is -0.497 e. The largest absolute Gasteiger partial charge is 0.497 e. The van der Waals surface area contributed by atoms with Crippen LogP contribution in [0.15, 0.2) is 18.2 Å². The van der Waals surface area contributed by atoms with E-state index in [2.05, 4.69) is 11.8 Å². The lowest BCUT2D eigenvalue weighted by Crippen LogP contribution is -2.30. The van der Waals surface area contributed by atoms with Crippen molar-refractivity contribution in [1.82, 2.24) is 4.90 Å². The van der Waals surface area contributed by atoms with Crippen LogP contribution in [-0.4, -0.2) is 31.0 Å². The number of nitrogens with zero attached hydrogens (tertiary/aromatic N) is 1. The Labute approximate surface area is 126 Å². The van der Waals surface area contributed by atoms with Gasteiger partial charge in [-0.25, -0.2) is 0 Å². The Bertz CT molecular complexity index is 558. The molecule has 112 valence electrons. The van der Waals surface area contributed by atoms with Crippen LogP contribution in [0.1, 0.15) is 36.8 Å². The smallest absolute Gasteiger partial charge is 0.222 e. The molecule has 0 aromatic heterocycles. The van der Waals surface area contributed by atoms with Crippen LogP contribution in [0.3, 0.4) is 0 Å². The Morgan fingerprint density at radius 2 is 2.19 bits per heavy atom. The molecule has 0 bridgehead atoms. The van der Waals surface area contributed by atoms with Gasteiger partial charge in [0, 0.05) is 25.1 Å². The van der Waals surface area contributed by atoms with Gasteiger partial charge in [-0.2, -0.15) is 0 Å². The standard InChI is InChI=1S/C17H22N2O2/c1-21-16-9-8-14(6-5-10-18)15(12-16)13-19-11-4-2-3-7-17(19)20/h8-9,12H,2-4,7,10-11,13,18H2,1H3. The molecule has 1 aromatic rings. The van der Waals surface area contributed by atoms with Gasteiger partial charge in [0.05, 0.1) is 13.7 Å². The van der Waals surface area contributed by atoms with E-state index in [0.29, 0.717) is 19.5 Å². The van der Waals surface area contributed by atoms with Crippen molar-refractivity contribution in [2.24, 2.45) is 5.73 Å². The number of likely N-dealkylation sites (tertiary alicyclic amines) is 1. The predicted octanol–water partition coefficient (Wildman–Crippen LogP) is 1.91. The van der Waals surface area contributed by atoms with Crippen molar-refractivity contribution in [2.45, 2.75) is 32.2 Å². The van der Waals surface area contributed by atoms with Crippen LogP contribution in [-0.2, 0) is 11.3 Å². The highest BCUT2D eigenvalue weighted by molar-refractivity contribution is 5.76. The molecule has 0 spiro atoms. The monoisotopic (exact) mass is 286 g/mol. The lowest BCUT2D eigenvalue weighted by atomic mass is 10.1. The molecule has 1 heterocycles. The third kappa shape index (κ3) is 4.24. The van der Waals surface area contributed by atoms with Crippen molar-refractivity contribution in [1.29, 1.82) is 0 Å². The third-order valence-corrected chi connectivity index (χ3v) is 3.67. The molecule has 0 radical (unpaired) electrons. The van der Waals surface area contributed by atoms with Crippen LogP contribution in [0, 0.1) is 11.8 Å². The molecule has 21 heavy (non-hydrogen) atoms. The SMILES string of the molecule is COc1ccc(C#CCN)c(CN2CCCCCC2=O)c1. The molecule has 4 heteroatoms. The second-order valence-corrected chi connectivity index (χ2v) is 5.15. The average molecular weight is 286 g/mol. The molecule has 1 aliphatic heterocycles. The van der Waals surface area contributed by atoms with E-state index >= 15 is 0 Å². The molecular weight excluding hydrogens is 264 g/mol. The van der Waals surface area contributed by atoms with Gasteiger partial charge in [-0.05, 0) is 36.6 Å². The first kappa shape index (κ1) is 15.4. The first-order chi connectivity index (χ1) is 10.2. The van der Waals surface area contributed by atoms with Gasteiger partial charge >= 0.3 is 0 Å². The maximum atomic E-state index is 12.1. The fourth-order valence-corrected chi connectivity index (χ4v) is 2.51. The summed E-state index contributed by atoms with van der Waals surface area (Å²) >= 11 is 0. The van der Waals surface area contributed by atoms with Crippen LogP contribution in [0.4, 0.5) is 0 Å². The van der Waals surface area contributed by atoms with Crippen molar-refractivity contribution >= 4 is 5.91 Å². The summed E-state index contributed by atoms with van der Waals surface area (Å²) in [4.78, 5) is 14.1. The third-order valence-electron chi connectivity index (χ3n) is 3.67. The zero-order chi connectivity index (χ0) is 15.1. The molecule has 1 fully saturated rings. The molecule has 1 amide bonds. The maximum Gasteiger partial charge on any atom is 0.222 e. The van der Waals surface area contributed by atoms with E-state index in [1.165, 1.54) is 0 Å². The van der Waals surface area contributed by atoms with Crippen molar-refractivity contribution in [2.75, 3.05) is 20.2 Å². The number of ether oxygens (including phenoxy) is 1. The highest BCUT2D eigenvalue weighted by Crippen LogP contribution is 2.21. The summed E-state index contributed by atoms with van der Waals surface area (Å²) in [6.07, 6.45) is 3.83. The summed E-state index contributed by atoms with van der Waals surface area (Å²) in [5, 5.41) is 0. The minimum absolute atomic E-state index is 0.230. The van der Waals surface area contributed by atoms with Gasteiger partial charge in [-0.1, -0.05) is 18.3 Å². The second-order valence-electron chi connectivity index (χ2n) is 5.15. The highest BCUT2D eigenvalue weighted by atomic mass is 16.5. The molecule has 2 rings (SSSR count). The number of benzene rings is 1. The molecule has 4 nitrogen and oxygen atoms in total. The van der Waals surface area contributed by atoms with Crippen molar-refractivity contribution in [3.63, 3.8) is 0 Å². The van der Waals surface area contributed by atoms with E-state index in [1.807, 2.05) is 23.1 Å². The van der Waals surface area contributed by atoms with Gasteiger partial charge in [-0.15, -0.1) is 0 Å². The fraction of sp³-hybridized carbons (Fsp3) is 0.471. The molecule has 2 N–H and O–H groups in total. The molecule has 0 aliphatic carbocycles. The molecule has 0 unspecified atom stereocenters. The second kappa shape index (κ2) is 7.70. The Kier molecular flexibility index (Phi) is 5.65. The Hall–Kier alpha value is -1.99. The number of hydrogen-bond acceptors (Lipinski definition) is 3. The van der Waals surface area contributed by atoms with Gasteiger partial charge in [0.2, 0.25) is 5.91 Å². The number of hydrogen-bond donors (Lipinski definition) is 1. The van der Waals surface area contributed by atoms with Crippen LogP contribution in [0.2, 0.25) is 0 Å². The van der Waals surface area contributed by atoms with E-state index < -0.39 is 0 Å². The van der Waals surface area contributed by atoms with E-state index in [9.17, 15) is 4.79 Å². The Balaban J connectivity index is 2.25. The number of rotatable bonds is 3. The normalized spacial score (nSPS) is 15.1. The Morgan fingerprint density at radius 3 is 2.95 bits per heavy atom. The zero-order valence-corrected chi connectivity index (χ0v) is 12.5. The minimum atomic E-state index is 0.230. The van der Waals surface area contributed by atoms with Gasteiger partial charge < -0.3 is 15.4 Å². The van der Waals surface area contributed by atoms with E-state index in [-0.39, 0.29) is 5.91 Å². The molecule has 1 aromatic carbocycles.